The first-order valence-corrected chi connectivity index (χ1v) is 3.86. The lowest BCUT2D eigenvalue weighted by atomic mass is 10.3. The minimum Gasteiger partial charge on any atom is -0.357 e. The van der Waals surface area contributed by atoms with E-state index in [4.69, 9.17) is 0 Å². The SMILES string of the molecule is O=CNCCN1CC[C@@H](F)C1. The number of rotatable bonds is 4. The number of amides is 1. The van der Waals surface area contributed by atoms with E-state index < -0.39 is 6.17 Å². The van der Waals surface area contributed by atoms with Crippen molar-refractivity contribution in [2.45, 2.75) is 12.6 Å². The van der Waals surface area contributed by atoms with Gasteiger partial charge in [0.15, 0.2) is 0 Å². The Morgan fingerprint density at radius 3 is 3.09 bits per heavy atom. The maximum absolute atomic E-state index is 12.6. The van der Waals surface area contributed by atoms with Crippen LogP contribution in [-0.2, 0) is 4.79 Å². The maximum Gasteiger partial charge on any atom is 0.207 e. The third-order valence-corrected chi connectivity index (χ3v) is 1.87. The molecule has 1 fully saturated rings. The number of likely N-dealkylation sites (tertiary alicyclic amines) is 1. The molecule has 4 heteroatoms. The van der Waals surface area contributed by atoms with Crippen molar-refractivity contribution in [3.63, 3.8) is 0 Å². The van der Waals surface area contributed by atoms with Crippen LogP contribution in [0.1, 0.15) is 6.42 Å². The first kappa shape index (κ1) is 8.46. The van der Waals surface area contributed by atoms with E-state index in [9.17, 15) is 9.18 Å². The largest absolute Gasteiger partial charge is 0.357 e. The van der Waals surface area contributed by atoms with Gasteiger partial charge in [-0.05, 0) is 6.42 Å². The summed E-state index contributed by atoms with van der Waals surface area (Å²) in [5, 5.41) is 2.55. The fraction of sp³-hybridized carbons (Fsp3) is 0.857. The van der Waals surface area contributed by atoms with Gasteiger partial charge in [0.25, 0.3) is 0 Å². The number of carbonyl (C=O) groups is 1. The van der Waals surface area contributed by atoms with Gasteiger partial charge in [-0.2, -0.15) is 0 Å². The van der Waals surface area contributed by atoms with Gasteiger partial charge in [-0.15, -0.1) is 0 Å². The second-order valence-corrected chi connectivity index (χ2v) is 2.76. The fourth-order valence-corrected chi connectivity index (χ4v) is 1.27. The van der Waals surface area contributed by atoms with Gasteiger partial charge in [-0.1, -0.05) is 0 Å². The van der Waals surface area contributed by atoms with Gasteiger partial charge in [-0.25, -0.2) is 4.39 Å². The number of nitrogens with zero attached hydrogens (tertiary/aromatic N) is 1. The molecule has 0 spiro atoms. The lowest BCUT2D eigenvalue weighted by Crippen LogP contribution is -2.30. The summed E-state index contributed by atoms with van der Waals surface area (Å²) in [6, 6.07) is 0. The lowest BCUT2D eigenvalue weighted by Gasteiger charge is -2.12. The van der Waals surface area contributed by atoms with Crippen molar-refractivity contribution in [1.82, 2.24) is 10.2 Å². The summed E-state index contributed by atoms with van der Waals surface area (Å²) < 4.78 is 12.6. The molecule has 1 aliphatic rings. The summed E-state index contributed by atoms with van der Waals surface area (Å²) >= 11 is 0. The average Bonchev–Trinajstić information content (AvgIpc) is 2.37. The Labute approximate surface area is 65.6 Å². The molecule has 1 atom stereocenters. The molecular formula is C7H13FN2O. The highest BCUT2D eigenvalue weighted by atomic mass is 19.1. The molecule has 0 unspecified atom stereocenters. The second-order valence-electron chi connectivity index (χ2n) is 2.76. The van der Waals surface area contributed by atoms with Gasteiger partial charge < -0.3 is 5.32 Å². The van der Waals surface area contributed by atoms with Gasteiger partial charge in [0.2, 0.25) is 6.41 Å². The number of hydrogen-bond acceptors (Lipinski definition) is 2. The zero-order chi connectivity index (χ0) is 8.10. The molecule has 1 N–H and O–H groups in total. The molecule has 1 amide bonds. The van der Waals surface area contributed by atoms with Crippen LogP contribution in [0.4, 0.5) is 4.39 Å². The fourth-order valence-electron chi connectivity index (χ4n) is 1.27. The monoisotopic (exact) mass is 160 g/mol. The second kappa shape index (κ2) is 4.28. The van der Waals surface area contributed by atoms with E-state index in [0.29, 0.717) is 25.9 Å². The van der Waals surface area contributed by atoms with E-state index in [0.717, 1.165) is 13.1 Å². The Morgan fingerprint density at radius 1 is 1.73 bits per heavy atom. The van der Waals surface area contributed by atoms with Gasteiger partial charge in [0.05, 0.1) is 0 Å². The van der Waals surface area contributed by atoms with E-state index in [1.165, 1.54) is 0 Å². The smallest absolute Gasteiger partial charge is 0.207 e. The van der Waals surface area contributed by atoms with Gasteiger partial charge in [-0.3, -0.25) is 9.69 Å². The summed E-state index contributed by atoms with van der Waals surface area (Å²) in [4.78, 5) is 11.9. The zero-order valence-electron chi connectivity index (χ0n) is 6.42. The normalized spacial score (nSPS) is 25.4. The minimum atomic E-state index is -0.661. The molecule has 0 bridgehead atoms. The molecule has 0 radical (unpaired) electrons. The summed E-state index contributed by atoms with van der Waals surface area (Å²) in [5.74, 6) is 0. The zero-order valence-corrected chi connectivity index (χ0v) is 6.42. The third kappa shape index (κ3) is 2.84. The average molecular weight is 160 g/mol. The number of alkyl halides is 1. The first-order valence-electron chi connectivity index (χ1n) is 3.86. The van der Waals surface area contributed by atoms with Crippen LogP contribution in [0.25, 0.3) is 0 Å². The first-order chi connectivity index (χ1) is 5.33. The Balaban J connectivity index is 2.03. The minimum absolute atomic E-state index is 0.528. The Kier molecular flexibility index (Phi) is 3.29. The van der Waals surface area contributed by atoms with Crippen LogP contribution in [0.2, 0.25) is 0 Å². The van der Waals surface area contributed by atoms with Crippen molar-refractivity contribution < 1.29 is 9.18 Å². The van der Waals surface area contributed by atoms with Crippen molar-refractivity contribution in [3.8, 4) is 0 Å². The van der Waals surface area contributed by atoms with Crippen LogP contribution >= 0.6 is 0 Å². The van der Waals surface area contributed by atoms with Crippen molar-refractivity contribution in [2.24, 2.45) is 0 Å². The lowest BCUT2D eigenvalue weighted by molar-refractivity contribution is -0.109. The van der Waals surface area contributed by atoms with Crippen molar-refractivity contribution in [3.05, 3.63) is 0 Å². The molecule has 0 aromatic rings. The van der Waals surface area contributed by atoms with Crippen LogP contribution in [0.3, 0.4) is 0 Å². The third-order valence-electron chi connectivity index (χ3n) is 1.87. The molecule has 3 nitrogen and oxygen atoms in total. The van der Waals surface area contributed by atoms with Gasteiger partial charge in [0, 0.05) is 26.2 Å². The van der Waals surface area contributed by atoms with Crippen molar-refractivity contribution in [1.29, 1.82) is 0 Å². The number of carbonyl (C=O) groups excluding carboxylic acids is 1. The summed E-state index contributed by atoms with van der Waals surface area (Å²) in [7, 11) is 0. The van der Waals surface area contributed by atoms with E-state index in [1.807, 2.05) is 4.90 Å². The highest BCUT2D eigenvalue weighted by molar-refractivity contribution is 5.45. The number of hydrogen-bond donors (Lipinski definition) is 1. The molecule has 0 aliphatic carbocycles. The molecule has 0 aromatic heterocycles. The quantitative estimate of drug-likeness (QED) is 0.455. The van der Waals surface area contributed by atoms with Gasteiger partial charge >= 0.3 is 0 Å². The summed E-state index contributed by atoms with van der Waals surface area (Å²) in [6.07, 6.45) is 0.649. The molecule has 64 valence electrons. The maximum atomic E-state index is 12.6. The van der Waals surface area contributed by atoms with Crippen LogP contribution in [0.5, 0.6) is 0 Å². The summed E-state index contributed by atoms with van der Waals surface area (Å²) in [6.45, 7) is 2.73. The van der Waals surface area contributed by atoms with Crippen molar-refractivity contribution >= 4 is 6.41 Å². The topological polar surface area (TPSA) is 32.3 Å². The molecular weight excluding hydrogens is 147 g/mol. The van der Waals surface area contributed by atoms with Gasteiger partial charge in [0.1, 0.15) is 6.17 Å². The van der Waals surface area contributed by atoms with E-state index in [1.54, 1.807) is 0 Å². The summed E-state index contributed by atoms with van der Waals surface area (Å²) in [5.41, 5.74) is 0. The predicted molar refractivity (Wildman–Crippen MR) is 40.0 cm³/mol. The molecule has 1 rings (SSSR count). The molecule has 1 aliphatic heterocycles. The van der Waals surface area contributed by atoms with Crippen LogP contribution in [0, 0.1) is 0 Å². The Bertz CT molecular complexity index is 132. The molecule has 0 aromatic carbocycles. The molecule has 0 saturated carbocycles. The molecule has 1 heterocycles. The predicted octanol–water partition coefficient (Wildman–Crippen LogP) is -0.224. The number of halogens is 1. The van der Waals surface area contributed by atoms with E-state index in [-0.39, 0.29) is 0 Å². The Morgan fingerprint density at radius 2 is 2.55 bits per heavy atom. The van der Waals surface area contributed by atoms with Crippen LogP contribution in [-0.4, -0.2) is 43.7 Å². The van der Waals surface area contributed by atoms with Crippen LogP contribution < -0.4 is 5.32 Å². The Hall–Kier alpha value is -0.640. The standard InChI is InChI=1S/C7H13FN2O/c8-7-1-3-10(5-7)4-2-9-6-11/h6-7H,1-5H2,(H,9,11)/t7-/m1/s1. The van der Waals surface area contributed by atoms with E-state index in [2.05, 4.69) is 5.32 Å². The van der Waals surface area contributed by atoms with E-state index >= 15 is 0 Å². The van der Waals surface area contributed by atoms with Crippen LogP contribution in [0.15, 0.2) is 0 Å². The highest BCUT2D eigenvalue weighted by Crippen LogP contribution is 2.10. The molecule has 1 saturated heterocycles. The molecule has 11 heavy (non-hydrogen) atoms. The number of nitrogens with one attached hydrogen (secondary N) is 1. The highest BCUT2D eigenvalue weighted by Gasteiger charge is 2.20. The van der Waals surface area contributed by atoms with Crippen molar-refractivity contribution in [2.75, 3.05) is 26.2 Å².